The second kappa shape index (κ2) is 11.6. The van der Waals surface area contributed by atoms with Crippen LogP contribution >= 0.6 is 0 Å². The molecule has 11 heteroatoms. The van der Waals surface area contributed by atoms with Gasteiger partial charge in [0.2, 0.25) is 5.71 Å². The Kier molecular flexibility index (Phi) is 8.07. The van der Waals surface area contributed by atoms with Crippen LogP contribution in [0.2, 0.25) is 0 Å². The summed E-state index contributed by atoms with van der Waals surface area (Å²) in [5, 5.41) is 5.87. The molecule has 0 saturated carbocycles. The van der Waals surface area contributed by atoms with E-state index in [4.69, 9.17) is 4.42 Å². The number of furan rings is 1. The molecule has 3 heterocycles. The van der Waals surface area contributed by atoms with Gasteiger partial charge in [-0.2, -0.15) is 13.2 Å². The lowest BCUT2D eigenvalue weighted by molar-refractivity contribution is -0.134. The summed E-state index contributed by atoms with van der Waals surface area (Å²) in [6, 6.07) is 15.5. The van der Waals surface area contributed by atoms with Crippen LogP contribution in [0.3, 0.4) is 0 Å². The van der Waals surface area contributed by atoms with Crippen LogP contribution in [-0.4, -0.2) is 45.1 Å². The van der Waals surface area contributed by atoms with Crippen molar-refractivity contribution in [1.82, 2.24) is 25.2 Å². The highest BCUT2D eigenvalue weighted by molar-refractivity contribution is 6.11. The van der Waals surface area contributed by atoms with Crippen molar-refractivity contribution in [2.75, 3.05) is 7.05 Å². The summed E-state index contributed by atoms with van der Waals surface area (Å²) in [6.07, 6.45) is -2.51. The fraction of sp³-hybridized carbons (Fsp3) is 0.273. The van der Waals surface area contributed by atoms with Crippen molar-refractivity contribution in [2.24, 2.45) is 0 Å². The molecule has 0 aliphatic carbocycles. The van der Waals surface area contributed by atoms with Crippen LogP contribution < -0.4 is 10.6 Å². The molecule has 0 fully saturated rings. The SMILES string of the molecule is CNC(=O)c1c(-c2ccc(-n3cncc3C)cc2)oc2nc(CCC(F)(F)F)c(-c3cccc(C(=O)NC(C)(C)C)c3)cc12. The van der Waals surface area contributed by atoms with Crippen molar-refractivity contribution in [2.45, 2.75) is 52.3 Å². The predicted octanol–water partition coefficient (Wildman–Crippen LogP) is 7.04. The molecule has 228 valence electrons. The van der Waals surface area contributed by atoms with Crippen LogP contribution in [0, 0.1) is 6.92 Å². The Bertz CT molecular complexity index is 1850. The Morgan fingerprint density at radius 3 is 2.32 bits per heavy atom. The van der Waals surface area contributed by atoms with Gasteiger partial charge in [-0.3, -0.25) is 9.59 Å². The maximum Gasteiger partial charge on any atom is 0.389 e. The highest BCUT2D eigenvalue weighted by Gasteiger charge is 2.29. The number of hydrogen-bond donors (Lipinski definition) is 2. The Morgan fingerprint density at radius 1 is 0.977 bits per heavy atom. The number of benzene rings is 2. The van der Waals surface area contributed by atoms with Crippen molar-refractivity contribution in [3.63, 3.8) is 0 Å². The van der Waals surface area contributed by atoms with Crippen LogP contribution in [0.5, 0.6) is 0 Å². The van der Waals surface area contributed by atoms with Gasteiger partial charge in [0, 0.05) is 53.3 Å². The molecule has 0 atom stereocenters. The lowest BCUT2D eigenvalue weighted by Gasteiger charge is -2.20. The molecule has 0 aliphatic rings. The fourth-order valence-corrected chi connectivity index (χ4v) is 4.96. The van der Waals surface area contributed by atoms with E-state index in [0.717, 1.165) is 11.4 Å². The normalized spacial score (nSPS) is 12.0. The number of carbonyl (C=O) groups excluding carboxylic acids is 2. The number of alkyl halides is 3. The lowest BCUT2D eigenvalue weighted by atomic mass is 9.96. The number of hydrogen-bond acceptors (Lipinski definition) is 5. The standard InChI is InChI=1S/C33H32F3N5O3/c1-19-17-38-18-41(19)23-11-9-20(10-12-23)28-27(30(43)37-5)25-16-24(26(39-31(25)44-28)13-14-33(34,35)36)21-7-6-8-22(15-21)29(42)40-32(2,3)4/h6-12,15-18H,13-14H2,1-5H3,(H,37,43)(H,40,42). The molecular formula is C33H32F3N5O3. The van der Waals surface area contributed by atoms with Gasteiger partial charge < -0.3 is 19.6 Å². The first-order valence-electron chi connectivity index (χ1n) is 14.0. The minimum absolute atomic E-state index is 0.0377. The molecule has 0 bridgehead atoms. The van der Waals surface area contributed by atoms with Gasteiger partial charge >= 0.3 is 6.18 Å². The van der Waals surface area contributed by atoms with Crippen molar-refractivity contribution in [3.05, 3.63) is 89.6 Å². The molecular weight excluding hydrogens is 571 g/mol. The van der Waals surface area contributed by atoms with Crippen molar-refractivity contribution in [1.29, 1.82) is 0 Å². The molecule has 0 saturated heterocycles. The summed E-state index contributed by atoms with van der Waals surface area (Å²) in [4.78, 5) is 34.8. The monoisotopic (exact) mass is 603 g/mol. The van der Waals surface area contributed by atoms with Crippen molar-refractivity contribution < 1.29 is 27.2 Å². The molecule has 3 aromatic heterocycles. The summed E-state index contributed by atoms with van der Waals surface area (Å²) in [7, 11) is 1.49. The first-order valence-corrected chi connectivity index (χ1v) is 14.0. The van der Waals surface area contributed by atoms with E-state index in [1.165, 1.54) is 7.05 Å². The number of aromatic nitrogens is 3. The molecule has 8 nitrogen and oxygen atoms in total. The Labute approximate surface area is 252 Å². The van der Waals surface area contributed by atoms with Crippen molar-refractivity contribution >= 4 is 22.9 Å². The number of rotatable bonds is 7. The van der Waals surface area contributed by atoms with Gasteiger partial charge in [0.1, 0.15) is 5.76 Å². The number of amides is 2. The first-order chi connectivity index (χ1) is 20.7. The van der Waals surface area contributed by atoms with Crippen LogP contribution in [0.4, 0.5) is 13.2 Å². The van der Waals surface area contributed by atoms with Crippen LogP contribution in [-0.2, 0) is 6.42 Å². The fourth-order valence-electron chi connectivity index (χ4n) is 4.96. The smallest absolute Gasteiger partial charge is 0.389 e. The summed E-state index contributed by atoms with van der Waals surface area (Å²) in [5.74, 6) is -0.531. The Morgan fingerprint density at radius 2 is 1.70 bits per heavy atom. The number of halogens is 3. The maximum atomic E-state index is 13.4. The second-order valence-electron chi connectivity index (χ2n) is 11.6. The van der Waals surface area contributed by atoms with E-state index in [9.17, 15) is 22.8 Å². The zero-order valence-corrected chi connectivity index (χ0v) is 25.0. The van der Waals surface area contributed by atoms with Gasteiger partial charge in [-0.25, -0.2) is 9.97 Å². The molecule has 0 spiro atoms. The number of fused-ring (bicyclic) bond motifs is 1. The molecule has 2 N–H and O–H groups in total. The third kappa shape index (κ3) is 6.51. The molecule has 0 unspecified atom stereocenters. The van der Waals surface area contributed by atoms with Gasteiger partial charge in [0.15, 0.2) is 0 Å². The number of nitrogens with zero attached hydrogens (tertiary/aromatic N) is 3. The highest BCUT2D eigenvalue weighted by atomic mass is 19.4. The summed E-state index contributed by atoms with van der Waals surface area (Å²) >= 11 is 0. The van der Waals surface area contributed by atoms with Crippen LogP contribution in [0.25, 0.3) is 39.2 Å². The number of carbonyl (C=O) groups is 2. The third-order valence-corrected chi connectivity index (χ3v) is 7.02. The van der Waals surface area contributed by atoms with Gasteiger partial charge in [0.05, 0.1) is 23.0 Å². The summed E-state index contributed by atoms with van der Waals surface area (Å²) < 4.78 is 48.1. The van der Waals surface area contributed by atoms with Gasteiger partial charge in [-0.15, -0.1) is 0 Å². The number of nitrogens with one attached hydrogen (secondary N) is 2. The van der Waals surface area contributed by atoms with E-state index in [1.807, 2.05) is 44.4 Å². The molecule has 2 aromatic carbocycles. The number of imidazole rings is 1. The van der Waals surface area contributed by atoms with Crippen LogP contribution in [0.1, 0.15) is 59.3 Å². The average Bonchev–Trinajstić information content (AvgIpc) is 3.57. The van der Waals surface area contributed by atoms with Gasteiger partial charge in [-0.1, -0.05) is 12.1 Å². The number of aryl methyl sites for hydroxylation is 2. The molecule has 44 heavy (non-hydrogen) atoms. The number of pyridine rings is 1. The molecule has 2 amide bonds. The van der Waals surface area contributed by atoms with Gasteiger partial charge in [0.25, 0.3) is 11.8 Å². The van der Waals surface area contributed by atoms with E-state index in [2.05, 4.69) is 20.6 Å². The summed E-state index contributed by atoms with van der Waals surface area (Å²) in [6.45, 7) is 7.48. The lowest BCUT2D eigenvalue weighted by Crippen LogP contribution is -2.40. The van der Waals surface area contributed by atoms with Crippen LogP contribution in [0.15, 0.2) is 71.5 Å². The average molecular weight is 604 g/mol. The molecule has 5 aromatic rings. The van der Waals surface area contributed by atoms with E-state index >= 15 is 0 Å². The zero-order chi connectivity index (χ0) is 31.8. The van der Waals surface area contributed by atoms with Gasteiger partial charge in [-0.05, 0) is 82.1 Å². The highest BCUT2D eigenvalue weighted by Crippen LogP contribution is 2.38. The molecule has 0 aliphatic heterocycles. The maximum absolute atomic E-state index is 13.4. The molecule has 5 rings (SSSR count). The topological polar surface area (TPSA) is 102 Å². The predicted molar refractivity (Wildman–Crippen MR) is 162 cm³/mol. The third-order valence-electron chi connectivity index (χ3n) is 7.02. The van der Waals surface area contributed by atoms with Crippen molar-refractivity contribution in [3.8, 4) is 28.1 Å². The Hall–Kier alpha value is -4.93. The molecule has 0 radical (unpaired) electrons. The Balaban J connectivity index is 1.67. The minimum atomic E-state index is -4.42. The van der Waals surface area contributed by atoms with E-state index in [1.54, 1.807) is 55.0 Å². The quantitative estimate of drug-likeness (QED) is 0.208. The largest absolute Gasteiger partial charge is 0.437 e. The minimum Gasteiger partial charge on any atom is -0.437 e. The van der Waals surface area contributed by atoms with E-state index in [0.29, 0.717) is 27.6 Å². The summed E-state index contributed by atoms with van der Waals surface area (Å²) in [5.41, 5.74) is 3.47. The first kappa shape index (κ1) is 30.5. The zero-order valence-electron chi connectivity index (χ0n) is 25.0. The van der Waals surface area contributed by atoms with E-state index in [-0.39, 0.29) is 28.6 Å². The second-order valence-corrected chi connectivity index (χ2v) is 11.6. The van der Waals surface area contributed by atoms with E-state index < -0.39 is 30.5 Å².